The largest absolute Gasteiger partial charge is 0.393 e. The lowest BCUT2D eigenvalue weighted by atomic mass is 9.97. The van der Waals surface area contributed by atoms with Gasteiger partial charge in [-0.15, -0.1) is 0 Å². The zero-order valence-electron chi connectivity index (χ0n) is 9.20. The molecule has 1 atom stereocenters. The van der Waals surface area contributed by atoms with Gasteiger partial charge in [-0.25, -0.2) is 0 Å². The van der Waals surface area contributed by atoms with Gasteiger partial charge in [0.05, 0.1) is 6.10 Å². The van der Waals surface area contributed by atoms with Crippen molar-refractivity contribution in [2.45, 2.75) is 26.4 Å². The lowest BCUT2D eigenvalue weighted by Crippen LogP contribution is -2.04. The standard InChI is InChI=1S/C14H16O/c1-10-7-8-12(9-11(2)15)14-6-4-3-5-13(10)14/h3-8,11,15H,9H2,1-2H3/t11-/m1/s1. The van der Waals surface area contributed by atoms with Gasteiger partial charge in [0.1, 0.15) is 0 Å². The SMILES string of the molecule is Cc1ccc(C[C@@H](C)O)c2ccccc12. The first kappa shape index (κ1) is 10.2. The second kappa shape index (κ2) is 4.03. The Labute approximate surface area is 90.4 Å². The summed E-state index contributed by atoms with van der Waals surface area (Å²) >= 11 is 0. The molecule has 0 aliphatic rings. The van der Waals surface area contributed by atoms with Crippen molar-refractivity contribution in [3.8, 4) is 0 Å². The van der Waals surface area contributed by atoms with E-state index in [1.807, 2.05) is 13.0 Å². The summed E-state index contributed by atoms with van der Waals surface area (Å²) in [6.45, 7) is 3.95. The minimum atomic E-state index is -0.281. The van der Waals surface area contributed by atoms with Crippen LogP contribution in [0.25, 0.3) is 10.8 Å². The molecule has 0 spiro atoms. The van der Waals surface area contributed by atoms with Crippen LogP contribution in [0.2, 0.25) is 0 Å². The Bertz CT molecular complexity index is 472. The Kier molecular flexibility index (Phi) is 2.74. The highest BCUT2D eigenvalue weighted by molar-refractivity contribution is 5.88. The van der Waals surface area contributed by atoms with E-state index in [1.54, 1.807) is 0 Å². The summed E-state index contributed by atoms with van der Waals surface area (Å²) in [4.78, 5) is 0. The van der Waals surface area contributed by atoms with Crippen LogP contribution in [0.4, 0.5) is 0 Å². The molecule has 2 aromatic carbocycles. The Morgan fingerprint density at radius 2 is 1.73 bits per heavy atom. The van der Waals surface area contributed by atoms with E-state index in [0.29, 0.717) is 0 Å². The summed E-state index contributed by atoms with van der Waals surface area (Å²) in [5, 5.41) is 12.0. The average Bonchev–Trinajstić information content (AvgIpc) is 2.22. The lowest BCUT2D eigenvalue weighted by molar-refractivity contribution is 0.196. The van der Waals surface area contributed by atoms with E-state index in [4.69, 9.17) is 0 Å². The Balaban J connectivity index is 2.61. The van der Waals surface area contributed by atoms with Crippen LogP contribution in [0.5, 0.6) is 0 Å². The predicted molar refractivity (Wildman–Crippen MR) is 64.1 cm³/mol. The van der Waals surface area contributed by atoms with Crippen molar-refractivity contribution in [3.05, 3.63) is 47.5 Å². The first-order valence-corrected chi connectivity index (χ1v) is 5.34. The van der Waals surface area contributed by atoms with Crippen molar-refractivity contribution >= 4 is 10.8 Å². The molecule has 1 heteroatoms. The fourth-order valence-corrected chi connectivity index (χ4v) is 2.01. The average molecular weight is 200 g/mol. The molecule has 1 nitrogen and oxygen atoms in total. The van der Waals surface area contributed by atoms with Crippen LogP contribution in [0.3, 0.4) is 0 Å². The number of fused-ring (bicyclic) bond motifs is 1. The first-order valence-electron chi connectivity index (χ1n) is 5.34. The fraction of sp³-hybridized carbons (Fsp3) is 0.286. The molecule has 0 unspecified atom stereocenters. The van der Waals surface area contributed by atoms with Crippen molar-refractivity contribution in [1.82, 2.24) is 0 Å². The smallest absolute Gasteiger partial charge is 0.0552 e. The minimum Gasteiger partial charge on any atom is -0.393 e. The van der Waals surface area contributed by atoms with Gasteiger partial charge in [0.2, 0.25) is 0 Å². The lowest BCUT2D eigenvalue weighted by Gasteiger charge is -2.10. The van der Waals surface area contributed by atoms with Crippen molar-refractivity contribution in [2.75, 3.05) is 0 Å². The van der Waals surface area contributed by atoms with Crippen LogP contribution < -0.4 is 0 Å². The molecule has 0 radical (unpaired) electrons. The van der Waals surface area contributed by atoms with Crippen LogP contribution in [0.1, 0.15) is 18.1 Å². The summed E-state index contributed by atoms with van der Waals surface area (Å²) in [5.74, 6) is 0. The third kappa shape index (κ3) is 2.02. The van der Waals surface area contributed by atoms with E-state index in [9.17, 15) is 5.11 Å². The molecule has 15 heavy (non-hydrogen) atoms. The quantitative estimate of drug-likeness (QED) is 0.790. The molecule has 0 aliphatic carbocycles. The van der Waals surface area contributed by atoms with Crippen LogP contribution in [-0.2, 0) is 6.42 Å². The fourth-order valence-electron chi connectivity index (χ4n) is 2.01. The molecular weight excluding hydrogens is 184 g/mol. The normalized spacial score (nSPS) is 13.0. The van der Waals surface area contributed by atoms with E-state index in [1.165, 1.54) is 21.9 Å². The van der Waals surface area contributed by atoms with Gasteiger partial charge in [-0.05, 0) is 42.2 Å². The number of rotatable bonds is 2. The summed E-state index contributed by atoms with van der Waals surface area (Å²) in [6, 6.07) is 12.6. The van der Waals surface area contributed by atoms with Gasteiger partial charge in [-0.3, -0.25) is 0 Å². The molecule has 0 fully saturated rings. The first-order chi connectivity index (χ1) is 7.18. The third-order valence-corrected chi connectivity index (χ3v) is 2.75. The number of aryl methyl sites for hydroxylation is 1. The zero-order valence-corrected chi connectivity index (χ0v) is 9.20. The molecule has 1 N–H and O–H groups in total. The van der Waals surface area contributed by atoms with Gasteiger partial charge >= 0.3 is 0 Å². The van der Waals surface area contributed by atoms with Gasteiger partial charge in [0.25, 0.3) is 0 Å². The molecule has 0 amide bonds. The van der Waals surface area contributed by atoms with E-state index >= 15 is 0 Å². The Morgan fingerprint density at radius 1 is 1.07 bits per heavy atom. The van der Waals surface area contributed by atoms with Gasteiger partial charge in [0.15, 0.2) is 0 Å². The van der Waals surface area contributed by atoms with Crippen LogP contribution >= 0.6 is 0 Å². The maximum Gasteiger partial charge on any atom is 0.0552 e. The number of aliphatic hydroxyl groups is 1. The third-order valence-electron chi connectivity index (χ3n) is 2.75. The summed E-state index contributed by atoms with van der Waals surface area (Å²) in [5.41, 5.74) is 2.52. The monoisotopic (exact) mass is 200 g/mol. The number of hydrogen-bond donors (Lipinski definition) is 1. The van der Waals surface area contributed by atoms with E-state index in [2.05, 4.69) is 37.3 Å². The summed E-state index contributed by atoms with van der Waals surface area (Å²) in [6.07, 6.45) is 0.442. The molecule has 0 saturated heterocycles. The predicted octanol–water partition coefficient (Wildman–Crippen LogP) is 3.07. The van der Waals surface area contributed by atoms with Gasteiger partial charge in [-0.2, -0.15) is 0 Å². The highest BCUT2D eigenvalue weighted by atomic mass is 16.3. The van der Waals surface area contributed by atoms with Crippen molar-refractivity contribution in [1.29, 1.82) is 0 Å². The van der Waals surface area contributed by atoms with Gasteiger partial charge < -0.3 is 5.11 Å². The number of aliphatic hydroxyl groups excluding tert-OH is 1. The number of benzene rings is 2. The minimum absolute atomic E-state index is 0.281. The van der Waals surface area contributed by atoms with Crippen molar-refractivity contribution < 1.29 is 5.11 Å². The molecule has 2 rings (SSSR count). The highest BCUT2D eigenvalue weighted by Gasteiger charge is 2.05. The Hall–Kier alpha value is -1.34. The molecule has 0 aliphatic heterocycles. The van der Waals surface area contributed by atoms with Gasteiger partial charge in [-0.1, -0.05) is 36.4 Å². The zero-order chi connectivity index (χ0) is 10.8. The molecule has 0 aromatic heterocycles. The summed E-state index contributed by atoms with van der Waals surface area (Å²) in [7, 11) is 0. The number of hydrogen-bond acceptors (Lipinski definition) is 1. The molecule has 0 bridgehead atoms. The topological polar surface area (TPSA) is 20.2 Å². The second-order valence-electron chi connectivity index (χ2n) is 4.14. The molecular formula is C14H16O. The van der Waals surface area contributed by atoms with E-state index in [0.717, 1.165) is 6.42 Å². The van der Waals surface area contributed by atoms with Crippen LogP contribution in [-0.4, -0.2) is 11.2 Å². The molecule has 78 valence electrons. The van der Waals surface area contributed by atoms with E-state index < -0.39 is 0 Å². The molecule has 0 heterocycles. The Morgan fingerprint density at radius 3 is 2.40 bits per heavy atom. The van der Waals surface area contributed by atoms with Crippen LogP contribution in [0.15, 0.2) is 36.4 Å². The van der Waals surface area contributed by atoms with Crippen molar-refractivity contribution in [3.63, 3.8) is 0 Å². The van der Waals surface area contributed by atoms with Crippen molar-refractivity contribution in [2.24, 2.45) is 0 Å². The molecule has 2 aromatic rings. The highest BCUT2D eigenvalue weighted by Crippen LogP contribution is 2.23. The summed E-state index contributed by atoms with van der Waals surface area (Å²) < 4.78 is 0. The maximum absolute atomic E-state index is 9.43. The second-order valence-corrected chi connectivity index (χ2v) is 4.14. The van der Waals surface area contributed by atoms with E-state index in [-0.39, 0.29) is 6.10 Å². The van der Waals surface area contributed by atoms with Crippen LogP contribution in [0, 0.1) is 6.92 Å². The maximum atomic E-state index is 9.43. The molecule has 0 saturated carbocycles. The van der Waals surface area contributed by atoms with Gasteiger partial charge in [0, 0.05) is 0 Å².